The lowest BCUT2D eigenvalue weighted by molar-refractivity contribution is 0.0705. The van der Waals surface area contributed by atoms with Crippen LogP contribution in [0.1, 0.15) is 34.8 Å². The molecule has 0 spiro atoms. The van der Waals surface area contributed by atoms with Crippen molar-refractivity contribution in [1.82, 2.24) is 15.1 Å². The molecule has 1 aromatic heterocycles. The number of H-pyrrole nitrogens is 1. The fraction of sp³-hybridized carbons (Fsp3) is 0.333. The average molecular weight is 286 g/mol. The Labute approximate surface area is 122 Å². The van der Waals surface area contributed by atoms with Crippen LogP contribution < -0.4 is 5.73 Å². The number of aromatic hydroxyl groups is 1. The van der Waals surface area contributed by atoms with Gasteiger partial charge in [0.2, 0.25) is 0 Å². The number of carbonyl (C=O) groups is 1. The highest BCUT2D eigenvalue weighted by molar-refractivity contribution is 5.95. The third-order valence-corrected chi connectivity index (χ3v) is 3.95. The summed E-state index contributed by atoms with van der Waals surface area (Å²) < 4.78 is 0. The van der Waals surface area contributed by atoms with E-state index in [1.807, 2.05) is 11.0 Å². The minimum Gasteiger partial charge on any atom is -0.506 e. The third kappa shape index (κ3) is 2.69. The zero-order chi connectivity index (χ0) is 14.8. The van der Waals surface area contributed by atoms with Crippen molar-refractivity contribution >= 4 is 11.6 Å². The number of anilines is 1. The molecule has 1 saturated heterocycles. The van der Waals surface area contributed by atoms with E-state index in [1.54, 1.807) is 18.3 Å². The van der Waals surface area contributed by atoms with Gasteiger partial charge in [0.1, 0.15) is 5.75 Å². The number of aromatic amines is 1. The molecule has 0 saturated carbocycles. The van der Waals surface area contributed by atoms with E-state index in [2.05, 4.69) is 10.2 Å². The van der Waals surface area contributed by atoms with Gasteiger partial charge in [0.15, 0.2) is 0 Å². The highest BCUT2D eigenvalue weighted by Gasteiger charge is 2.26. The number of amides is 1. The molecular weight excluding hydrogens is 268 g/mol. The molecule has 2 heterocycles. The van der Waals surface area contributed by atoms with E-state index in [-0.39, 0.29) is 23.3 Å². The molecule has 3 rings (SSSR count). The minimum atomic E-state index is -0.0745. The number of rotatable bonds is 2. The van der Waals surface area contributed by atoms with Crippen LogP contribution in [0.4, 0.5) is 5.69 Å². The molecule has 4 N–H and O–H groups in total. The van der Waals surface area contributed by atoms with E-state index in [1.165, 1.54) is 6.07 Å². The molecule has 1 atom stereocenters. The highest BCUT2D eigenvalue weighted by Crippen LogP contribution is 2.27. The second-order valence-corrected chi connectivity index (χ2v) is 5.38. The van der Waals surface area contributed by atoms with Gasteiger partial charge in [-0.2, -0.15) is 5.10 Å². The monoisotopic (exact) mass is 286 g/mol. The van der Waals surface area contributed by atoms with Crippen LogP contribution in [0, 0.1) is 0 Å². The van der Waals surface area contributed by atoms with E-state index < -0.39 is 0 Å². The lowest BCUT2D eigenvalue weighted by atomic mass is 9.94. The Morgan fingerprint density at radius 2 is 2.29 bits per heavy atom. The summed E-state index contributed by atoms with van der Waals surface area (Å²) in [6.45, 7) is 1.39. The number of phenolic OH excluding ortho intramolecular Hbond substituents is 1. The Morgan fingerprint density at radius 1 is 1.43 bits per heavy atom. The number of hydrogen-bond acceptors (Lipinski definition) is 4. The number of phenols is 1. The molecule has 6 heteroatoms. The molecule has 1 unspecified atom stereocenters. The summed E-state index contributed by atoms with van der Waals surface area (Å²) in [5.41, 5.74) is 7.37. The molecule has 2 aromatic rings. The van der Waals surface area contributed by atoms with Gasteiger partial charge in [0.05, 0.1) is 5.69 Å². The van der Waals surface area contributed by atoms with Crippen molar-refractivity contribution in [2.45, 2.75) is 18.8 Å². The highest BCUT2D eigenvalue weighted by atomic mass is 16.3. The number of piperidine rings is 1. The van der Waals surface area contributed by atoms with Crippen molar-refractivity contribution in [2.75, 3.05) is 18.8 Å². The predicted molar refractivity (Wildman–Crippen MR) is 79.0 cm³/mol. The summed E-state index contributed by atoms with van der Waals surface area (Å²) in [5, 5.41) is 16.6. The van der Waals surface area contributed by atoms with Gasteiger partial charge in [0, 0.05) is 36.5 Å². The van der Waals surface area contributed by atoms with E-state index in [4.69, 9.17) is 5.73 Å². The lowest BCUT2D eigenvalue weighted by Crippen LogP contribution is -2.39. The topological polar surface area (TPSA) is 95.2 Å². The van der Waals surface area contributed by atoms with Crippen molar-refractivity contribution in [1.29, 1.82) is 0 Å². The number of benzene rings is 1. The van der Waals surface area contributed by atoms with Crippen molar-refractivity contribution in [3.05, 3.63) is 41.7 Å². The first-order valence-corrected chi connectivity index (χ1v) is 7.02. The van der Waals surface area contributed by atoms with Crippen molar-refractivity contribution < 1.29 is 9.90 Å². The normalized spacial score (nSPS) is 18.7. The van der Waals surface area contributed by atoms with Crippen LogP contribution in [0.5, 0.6) is 5.75 Å². The van der Waals surface area contributed by atoms with E-state index in [9.17, 15) is 9.90 Å². The van der Waals surface area contributed by atoms with Crippen LogP contribution in [0.3, 0.4) is 0 Å². The standard InChI is InChI=1S/C15H18N4O2/c16-12-4-3-10(8-14(12)20)15(21)19-7-1-2-11(9-19)13-5-6-17-18-13/h3-6,8,11,20H,1-2,7,9,16H2,(H,17,18). The Kier molecular flexibility index (Phi) is 3.51. The summed E-state index contributed by atoms with van der Waals surface area (Å²) in [6, 6.07) is 6.58. The average Bonchev–Trinajstić information content (AvgIpc) is 3.04. The van der Waals surface area contributed by atoms with E-state index >= 15 is 0 Å². The summed E-state index contributed by atoms with van der Waals surface area (Å²) in [6.07, 6.45) is 3.73. The van der Waals surface area contributed by atoms with Gasteiger partial charge in [-0.1, -0.05) is 0 Å². The zero-order valence-corrected chi connectivity index (χ0v) is 11.6. The number of likely N-dealkylation sites (tertiary alicyclic amines) is 1. The first kappa shape index (κ1) is 13.5. The Bertz CT molecular complexity index is 639. The molecule has 1 fully saturated rings. The first-order chi connectivity index (χ1) is 10.1. The lowest BCUT2D eigenvalue weighted by Gasteiger charge is -2.32. The van der Waals surface area contributed by atoms with Gasteiger partial charge in [-0.25, -0.2) is 0 Å². The minimum absolute atomic E-state index is 0.0528. The molecular formula is C15H18N4O2. The van der Waals surface area contributed by atoms with Crippen LogP contribution >= 0.6 is 0 Å². The maximum Gasteiger partial charge on any atom is 0.254 e. The maximum atomic E-state index is 12.5. The fourth-order valence-electron chi connectivity index (χ4n) is 2.77. The van der Waals surface area contributed by atoms with Gasteiger partial charge in [-0.3, -0.25) is 9.89 Å². The predicted octanol–water partition coefficient (Wildman–Crippen LogP) is 1.72. The van der Waals surface area contributed by atoms with Crippen molar-refractivity contribution in [3.63, 3.8) is 0 Å². The van der Waals surface area contributed by atoms with Gasteiger partial charge < -0.3 is 15.7 Å². The zero-order valence-electron chi connectivity index (χ0n) is 11.6. The van der Waals surface area contributed by atoms with Gasteiger partial charge >= 0.3 is 0 Å². The smallest absolute Gasteiger partial charge is 0.254 e. The number of nitrogens with zero attached hydrogens (tertiary/aromatic N) is 2. The number of aromatic nitrogens is 2. The largest absolute Gasteiger partial charge is 0.506 e. The Morgan fingerprint density at radius 3 is 3.00 bits per heavy atom. The molecule has 1 aliphatic heterocycles. The summed E-state index contributed by atoms with van der Waals surface area (Å²) >= 11 is 0. The number of nitrogens with two attached hydrogens (primary N) is 1. The van der Waals surface area contributed by atoms with Crippen LogP contribution in [-0.4, -0.2) is 39.2 Å². The van der Waals surface area contributed by atoms with Crippen molar-refractivity contribution in [3.8, 4) is 5.75 Å². The number of nitrogens with one attached hydrogen (secondary N) is 1. The molecule has 1 amide bonds. The van der Waals surface area contributed by atoms with Gasteiger partial charge in [0.25, 0.3) is 5.91 Å². The van der Waals surface area contributed by atoms with Crippen LogP contribution in [0.15, 0.2) is 30.5 Å². The first-order valence-electron chi connectivity index (χ1n) is 7.02. The second kappa shape index (κ2) is 5.47. The number of nitrogen functional groups attached to an aromatic ring is 1. The van der Waals surface area contributed by atoms with Crippen molar-refractivity contribution in [2.24, 2.45) is 0 Å². The van der Waals surface area contributed by atoms with Crippen LogP contribution in [0.25, 0.3) is 0 Å². The maximum absolute atomic E-state index is 12.5. The van der Waals surface area contributed by atoms with Gasteiger partial charge in [-0.15, -0.1) is 0 Å². The SMILES string of the molecule is Nc1ccc(C(=O)N2CCCC(c3ccn[nH]3)C2)cc1O. The molecule has 0 bridgehead atoms. The molecule has 6 nitrogen and oxygen atoms in total. The number of carbonyl (C=O) groups excluding carboxylic acids is 1. The third-order valence-electron chi connectivity index (χ3n) is 3.95. The second-order valence-electron chi connectivity index (χ2n) is 5.38. The van der Waals surface area contributed by atoms with Gasteiger partial charge in [-0.05, 0) is 37.1 Å². The van der Waals surface area contributed by atoms with E-state index in [0.717, 1.165) is 25.1 Å². The van der Waals surface area contributed by atoms with Crippen LogP contribution in [-0.2, 0) is 0 Å². The Balaban J connectivity index is 1.76. The molecule has 110 valence electrons. The molecule has 1 aliphatic rings. The summed E-state index contributed by atoms with van der Waals surface area (Å²) in [4.78, 5) is 14.3. The molecule has 1 aromatic carbocycles. The summed E-state index contributed by atoms with van der Waals surface area (Å²) in [5.74, 6) is 0.157. The number of hydrogen-bond donors (Lipinski definition) is 3. The molecule has 0 aliphatic carbocycles. The van der Waals surface area contributed by atoms with E-state index in [0.29, 0.717) is 12.1 Å². The molecule has 21 heavy (non-hydrogen) atoms. The summed E-state index contributed by atoms with van der Waals surface area (Å²) in [7, 11) is 0. The fourth-order valence-corrected chi connectivity index (χ4v) is 2.77. The molecule has 0 radical (unpaired) electrons. The Hall–Kier alpha value is -2.50. The van der Waals surface area contributed by atoms with Crippen LogP contribution in [0.2, 0.25) is 0 Å². The quantitative estimate of drug-likeness (QED) is 0.578.